The van der Waals surface area contributed by atoms with Crippen LogP contribution in [0.5, 0.6) is 0 Å². The van der Waals surface area contributed by atoms with Crippen LogP contribution in [0.4, 0.5) is 0 Å². The maximum atomic E-state index is 11.9. The SMILES string of the molecule is O=C1CCCC[C@H]1Sc1nnnn1-c1ccc(Cl)cc1. The highest BCUT2D eigenvalue weighted by Gasteiger charge is 2.25. The van der Waals surface area contributed by atoms with Gasteiger partial charge in [-0.1, -0.05) is 29.8 Å². The van der Waals surface area contributed by atoms with Gasteiger partial charge in [0.2, 0.25) is 5.16 Å². The maximum Gasteiger partial charge on any atom is 0.214 e. The number of Topliss-reactive ketones (excluding diaryl/α,β-unsaturated/α-hetero) is 1. The number of carbonyl (C=O) groups excluding carboxylic acids is 1. The van der Waals surface area contributed by atoms with E-state index in [-0.39, 0.29) is 5.25 Å². The molecule has 1 atom stereocenters. The number of benzene rings is 1. The molecule has 1 fully saturated rings. The van der Waals surface area contributed by atoms with Crippen LogP contribution in [0.1, 0.15) is 25.7 Å². The second-order valence-electron chi connectivity index (χ2n) is 4.67. The van der Waals surface area contributed by atoms with E-state index in [1.807, 2.05) is 12.1 Å². The van der Waals surface area contributed by atoms with E-state index in [0.29, 0.717) is 22.4 Å². The summed E-state index contributed by atoms with van der Waals surface area (Å²) >= 11 is 7.33. The molecule has 1 aliphatic carbocycles. The summed E-state index contributed by atoms with van der Waals surface area (Å²) in [5.41, 5.74) is 0.838. The lowest BCUT2D eigenvalue weighted by molar-refractivity contribution is -0.119. The molecular weight excluding hydrogens is 296 g/mol. The number of hydrogen-bond donors (Lipinski definition) is 0. The van der Waals surface area contributed by atoms with Crippen LogP contribution in [0.15, 0.2) is 29.4 Å². The lowest BCUT2D eigenvalue weighted by atomic mass is 9.99. The Labute approximate surface area is 125 Å². The van der Waals surface area contributed by atoms with E-state index < -0.39 is 0 Å². The van der Waals surface area contributed by atoms with Gasteiger partial charge in [0.05, 0.1) is 10.9 Å². The summed E-state index contributed by atoms with van der Waals surface area (Å²) in [6.07, 6.45) is 3.65. The van der Waals surface area contributed by atoms with Crippen molar-refractivity contribution in [3.05, 3.63) is 29.3 Å². The fourth-order valence-electron chi connectivity index (χ4n) is 2.20. The first kappa shape index (κ1) is 13.6. The zero-order chi connectivity index (χ0) is 13.9. The normalized spacial score (nSPS) is 19.2. The molecule has 0 saturated heterocycles. The van der Waals surface area contributed by atoms with Crippen molar-refractivity contribution >= 4 is 29.1 Å². The summed E-state index contributed by atoms with van der Waals surface area (Å²) in [6.45, 7) is 0. The van der Waals surface area contributed by atoms with E-state index in [0.717, 1.165) is 24.9 Å². The first-order chi connectivity index (χ1) is 9.74. The average Bonchev–Trinajstić information content (AvgIpc) is 2.90. The van der Waals surface area contributed by atoms with E-state index >= 15 is 0 Å². The molecule has 0 spiro atoms. The molecule has 0 radical (unpaired) electrons. The Kier molecular flexibility index (Phi) is 4.03. The lowest BCUT2D eigenvalue weighted by Crippen LogP contribution is -2.21. The minimum Gasteiger partial charge on any atom is -0.298 e. The summed E-state index contributed by atoms with van der Waals surface area (Å²) in [7, 11) is 0. The fourth-order valence-corrected chi connectivity index (χ4v) is 3.44. The maximum absolute atomic E-state index is 11.9. The Hall–Kier alpha value is -1.40. The summed E-state index contributed by atoms with van der Waals surface area (Å²) in [5, 5.41) is 13.0. The van der Waals surface area contributed by atoms with Gasteiger partial charge in [-0.3, -0.25) is 4.79 Å². The molecule has 2 aromatic rings. The van der Waals surface area contributed by atoms with Crippen LogP contribution < -0.4 is 0 Å². The van der Waals surface area contributed by atoms with Crippen LogP contribution in [0.25, 0.3) is 5.69 Å². The van der Waals surface area contributed by atoms with Gasteiger partial charge in [0, 0.05) is 11.4 Å². The highest BCUT2D eigenvalue weighted by atomic mass is 35.5. The number of carbonyl (C=O) groups is 1. The minimum absolute atomic E-state index is 0.0270. The molecule has 20 heavy (non-hydrogen) atoms. The highest BCUT2D eigenvalue weighted by molar-refractivity contribution is 8.00. The predicted octanol–water partition coefficient (Wildman–Crippen LogP) is 2.92. The molecule has 5 nitrogen and oxygen atoms in total. The fraction of sp³-hybridized carbons (Fsp3) is 0.385. The topological polar surface area (TPSA) is 60.7 Å². The van der Waals surface area contributed by atoms with Crippen molar-refractivity contribution in [1.29, 1.82) is 0 Å². The van der Waals surface area contributed by atoms with Crippen molar-refractivity contribution in [1.82, 2.24) is 20.2 Å². The molecule has 1 saturated carbocycles. The summed E-state index contributed by atoms with van der Waals surface area (Å²) < 4.78 is 1.64. The Morgan fingerprint density at radius 1 is 1.25 bits per heavy atom. The zero-order valence-corrected chi connectivity index (χ0v) is 12.3. The third-order valence-corrected chi connectivity index (χ3v) is 4.76. The zero-order valence-electron chi connectivity index (χ0n) is 10.7. The Morgan fingerprint density at radius 3 is 2.80 bits per heavy atom. The molecule has 1 aliphatic rings. The molecule has 3 rings (SSSR count). The van der Waals surface area contributed by atoms with Crippen molar-refractivity contribution in [2.75, 3.05) is 0 Å². The van der Waals surface area contributed by atoms with E-state index in [1.165, 1.54) is 11.8 Å². The van der Waals surface area contributed by atoms with E-state index in [2.05, 4.69) is 15.5 Å². The van der Waals surface area contributed by atoms with Crippen molar-refractivity contribution in [3.63, 3.8) is 0 Å². The van der Waals surface area contributed by atoms with Crippen LogP contribution in [0.2, 0.25) is 5.02 Å². The molecule has 1 aromatic carbocycles. The number of aromatic nitrogens is 4. The Balaban J connectivity index is 1.83. The summed E-state index contributed by atoms with van der Waals surface area (Å²) in [4.78, 5) is 11.9. The van der Waals surface area contributed by atoms with Crippen molar-refractivity contribution in [2.24, 2.45) is 0 Å². The third-order valence-electron chi connectivity index (χ3n) is 3.26. The second kappa shape index (κ2) is 5.93. The van der Waals surface area contributed by atoms with Gasteiger partial charge >= 0.3 is 0 Å². The monoisotopic (exact) mass is 308 g/mol. The van der Waals surface area contributed by atoms with Gasteiger partial charge in [0.25, 0.3) is 0 Å². The quantitative estimate of drug-likeness (QED) is 0.872. The van der Waals surface area contributed by atoms with Crippen molar-refractivity contribution < 1.29 is 4.79 Å². The number of halogens is 1. The van der Waals surface area contributed by atoms with Gasteiger partial charge in [-0.2, -0.15) is 4.68 Å². The summed E-state index contributed by atoms with van der Waals surface area (Å²) in [6, 6.07) is 7.29. The summed E-state index contributed by atoms with van der Waals surface area (Å²) in [5.74, 6) is 0.298. The second-order valence-corrected chi connectivity index (χ2v) is 6.27. The number of thioether (sulfide) groups is 1. The van der Waals surface area contributed by atoms with Crippen molar-refractivity contribution in [2.45, 2.75) is 36.1 Å². The molecule has 0 unspecified atom stereocenters. The molecule has 0 amide bonds. The molecule has 104 valence electrons. The van der Waals surface area contributed by atoms with Crippen LogP contribution in [0, 0.1) is 0 Å². The van der Waals surface area contributed by atoms with E-state index in [1.54, 1.807) is 16.8 Å². The van der Waals surface area contributed by atoms with Crippen LogP contribution in [-0.2, 0) is 4.79 Å². The number of hydrogen-bond acceptors (Lipinski definition) is 5. The molecule has 1 aromatic heterocycles. The largest absolute Gasteiger partial charge is 0.298 e. The number of nitrogens with zero attached hydrogens (tertiary/aromatic N) is 4. The van der Waals surface area contributed by atoms with Gasteiger partial charge in [-0.05, 0) is 47.5 Å². The molecule has 0 bridgehead atoms. The number of rotatable bonds is 3. The number of ketones is 1. The van der Waals surface area contributed by atoms with Crippen LogP contribution in [0.3, 0.4) is 0 Å². The van der Waals surface area contributed by atoms with Gasteiger partial charge < -0.3 is 0 Å². The van der Waals surface area contributed by atoms with Gasteiger partial charge in [-0.15, -0.1) is 5.10 Å². The van der Waals surface area contributed by atoms with E-state index in [9.17, 15) is 4.79 Å². The minimum atomic E-state index is -0.0270. The lowest BCUT2D eigenvalue weighted by Gasteiger charge is -2.18. The van der Waals surface area contributed by atoms with Gasteiger partial charge in [0.1, 0.15) is 5.78 Å². The first-order valence-electron chi connectivity index (χ1n) is 6.48. The average molecular weight is 309 g/mol. The van der Waals surface area contributed by atoms with E-state index in [4.69, 9.17) is 11.6 Å². The molecule has 7 heteroatoms. The molecule has 0 aliphatic heterocycles. The van der Waals surface area contributed by atoms with Gasteiger partial charge in [0.15, 0.2) is 0 Å². The van der Waals surface area contributed by atoms with Crippen LogP contribution >= 0.6 is 23.4 Å². The third kappa shape index (κ3) is 2.86. The standard InChI is InChI=1S/C13H13ClN4OS/c14-9-5-7-10(8-6-9)18-13(15-16-17-18)20-12-4-2-1-3-11(12)19/h5-8,12H,1-4H2/t12-/m1/s1. The molecule has 1 heterocycles. The highest BCUT2D eigenvalue weighted by Crippen LogP contribution is 2.31. The van der Waals surface area contributed by atoms with Gasteiger partial charge in [-0.25, -0.2) is 0 Å². The van der Waals surface area contributed by atoms with Crippen LogP contribution in [-0.4, -0.2) is 31.2 Å². The smallest absolute Gasteiger partial charge is 0.214 e. The number of tetrazole rings is 1. The molecular formula is C13H13ClN4OS. The Morgan fingerprint density at radius 2 is 2.05 bits per heavy atom. The predicted molar refractivity (Wildman–Crippen MR) is 77.3 cm³/mol. The van der Waals surface area contributed by atoms with Crippen molar-refractivity contribution in [3.8, 4) is 5.69 Å². The first-order valence-corrected chi connectivity index (χ1v) is 7.73. The molecule has 0 N–H and O–H groups in total. The Bertz CT molecular complexity index is 613.